The number of pyridine rings is 1. The molecule has 0 atom stereocenters. The van der Waals surface area contributed by atoms with Crippen molar-refractivity contribution >= 4 is 28.3 Å². The molecule has 0 aliphatic carbocycles. The van der Waals surface area contributed by atoms with Gasteiger partial charge in [0.05, 0.1) is 5.52 Å². The van der Waals surface area contributed by atoms with Crippen LogP contribution in [-0.2, 0) is 4.79 Å². The summed E-state index contributed by atoms with van der Waals surface area (Å²) in [5.41, 5.74) is 2.88. The monoisotopic (exact) mass is 389 g/mol. The maximum Gasteiger partial charge on any atom is 0.262 e. The van der Waals surface area contributed by atoms with Gasteiger partial charge < -0.3 is 15.0 Å². The lowest BCUT2D eigenvalue weighted by molar-refractivity contribution is -0.118. The van der Waals surface area contributed by atoms with Crippen LogP contribution in [0, 0.1) is 12.8 Å². The molecule has 5 nitrogen and oxygen atoms in total. The van der Waals surface area contributed by atoms with Gasteiger partial charge in [-0.15, -0.1) is 0 Å². The highest BCUT2D eigenvalue weighted by Gasteiger charge is 2.18. The largest absolute Gasteiger partial charge is 0.484 e. The fourth-order valence-corrected chi connectivity index (χ4v) is 3.72. The second-order valence-corrected chi connectivity index (χ2v) is 7.85. The number of aryl methyl sites for hydroxylation is 1. The fraction of sp³-hybridized carbons (Fsp3) is 0.333. The van der Waals surface area contributed by atoms with Gasteiger partial charge in [0, 0.05) is 24.2 Å². The first-order valence-electron chi connectivity index (χ1n) is 10.2. The number of carbonyl (C=O) groups is 1. The topological polar surface area (TPSA) is 54.5 Å². The zero-order valence-corrected chi connectivity index (χ0v) is 17.0. The maximum absolute atomic E-state index is 12.2. The highest BCUT2D eigenvalue weighted by Crippen LogP contribution is 2.28. The lowest BCUT2D eigenvalue weighted by atomic mass is 9.99. The first kappa shape index (κ1) is 19.2. The molecular weight excluding hydrogens is 362 g/mol. The molecule has 2 aromatic carbocycles. The Balaban J connectivity index is 1.45. The van der Waals surface area contributed by atoms with Crippen LogP contribution in [0.2, 0.25) is 0 Å². The molecule has 4 rings (SSSR count). The van der Waals surface area contributed by atoms with Gasteiger partial charge in [-0.2, -0.15) is 0 Å². The van der Waals surface area contributed by atoms with Gasteiger partial charge in [-0.1, -0.05) is 25.1 Å². The number of hydrogen-bond donors (Lipinski definition) is 1. The molecule has 150 valence electrons. The van der Waals surface area contributed by atoms with Crippen molar-refractivity contribution in [2.24, 2.45) is 5.92 Å². The first-order valence-corrected chi connectivity index (χ1v) is 10.2. The molecule has 1 aliphatic rings. The van der Waals surface area contributed by atoms with E-state index in [1.807, 2.05) is 48.5 Å². The Morgan fingerprint density at radius 1 is 1.14 bits per heavy atom. The highest BCUT2D eigenvalue weighted by atomic mass is 16.5. The molecule has 29 heavy (non-hydrogen) atoms. The van der Waals surface area contributed by atoms with Crippen molar-refractivity contribution in [2.45, 2.75) is 26.7 Å². The minimum absolute atomic E-state index is 0.0222. The number of amides is 1. The van der Waals surface area contributed by atoms with Crippen LogP contribution in [0.5, 0.6) is 5.75 Å². The van der Waals surface area contributed by atoms with Crippen LogP contribution in [0.25, 0.3) is 10.9 Å². The minimum atomic E-state index is -0.183. The van der Waals surface area contributed by atoms with Crippen LogP contribution in [0.4, 0.5) is 11.5 Å². The smallest absolute Gasteiger partial charge is 0.262 e. The average Bonchev–Trinajstić information content (AvgIpc) is 2.74. The normalized spacial score (nSPS) is 14.8. The summed E-state index contributed by atoms with van der Waals surface area (Å²) in [7, 11) is 0. The second-order valence-electron chi connectivity index (χ2n) is 7.85. The number of carbonyl (C=O) groups excluding carboxylic acids is 1. The average molecular weight is 389 g/mol. The third kappa shape index (κ3) is 4.67. The summed E-state index contributed by atoms with van der Waals surface area (Å²) in [6.45, 7) is 6.52. The Hall–Kier alpha value is -3.08. The van der Waals surface area contributed by atoms with Crippen molar-refractivity contribution in [1.82, 2.24) is 4.98 Å². The molecular formula is C24H27N3O2. The number of anilines is 2. The van der Waals surface area contributed by atoms with E-state index in [1.165, 1.54) is 18.4 Å². The lowest BCUT2D eigenvalue weighted by Gasteiger charge is -2.31. The van der Waals surface area contributed by atoms with Crippen LogP contribution < -0.4 is 15.0 Å². The van der Waals surface area contributed by atoms with Crippen LogP contribution in [-0.4, -0.2) is 30.6 Å². The summed E-state index contributed by atoms with van der Waals surface area (Å²) < 4.78 is 5.51. The molecule has 0 saturated carbocycles. The highest BCUT2D eigenvalue weighted by molar-refractivity contribution is 5.95. The summed E-state index contributed by atoms with van der Waals surface area (Å²) in [4.78, 5) is 19.5. The van der Waals surface area contributed by atoms with E-state index in [2.05, 4.69) is 30.1 Å². The molecule has 1 saturated heterocycles. The van der Waals surface area contributed by atoms with Gasteiger partial charge in [-0.05, 0) is 67.6 Å². The van der Waals surface area contributed by atoms with Crippen molar-refractivity contribution in [2.75, 3.05) is 29.9 Å². The zero-order valence-electron chi connectivity index (χ0n) is 17.0. The number of fused-ring (bicyclic) bond motifs is 1. The molecule has 0 spiro atoms. The molecule has 0 bridgehead atoms. The molecule has 1 aliphatic heterocycles. The Morgan fingerprint density at radius 2 is 1.90 bits per heavy atom. The lowest BCUT2D eigenvalue weighted by Crippen LogP contribution is -2.33. The van der Waals surface area contributed by atoms with Crippen molar-refractivity contribution in [3.63, 3.8) is 0 Å². The van der Waals surface area contributed by atoms with Gasteiger partial charge in [0.25, 0.3) is 5.91 Å². The summed E-state index contributed by atoms with van der Waals surface area (Å²) in [5, 5.41) is 3.97. The van der Waals surface area contributed by atoms with E-state index in [4.69, 9.17) is 9.72 Å². The van der Waals surface area contributed by atoms with Gasteiger partial charge in [0.2, 0.25) is 0 Å². The summed E-state index contributed by atoms with van der Waals surface area (Å²) >= 11 is 0. The van der Waals surface area contributed by atoms with Crippen molar-refractivity contribution in [1.29, 1.82) is 0 Å². The van der Waals surface area contributed by atoms with Gasteiger partial charge in [-0.3, -0.25) is 4.79 Å². The zero-order chi connectivity index (χ0) is 20.2. The van der Waals surface area contributed by atoms with Gasteiger partial charge in [0.1, 0.15) is 11.6 Å². The quantitative estimate of drug-likeness (QED) is 0.681. The van der Waals surface area contributed by atoms with Gasteiger partial charge in [0.15, 0.2) is 6.61 Å². The summed E-state index contributed by atoms with van der Waals surface area (Å²) in [5.74, 6) is 2.35. The molecule has 0 unspecified atom stereocenters. The van der Waals surface area contributed by atoms with E-state index >= 15 is 0 Å². The number of nitrogens with one attached hydrogen (secondary N) is 1. The van der Waals surface area contributed by atoms with Crippen LogP contribution >= 0.6 is 0 Å². The predicted octanol–water partition coefficient (Wildman–Crippen LogP) is 4.80. The number of hydrogen-bond acceptors (Lipinski definition) is 4. The molecule has 1 aromatic heterocycles. The number of nitrogens with zero attached hydrogens (tertiary/aromatic N) is 2. The van der Waals surface area contributed by atoms with Crippen molar-refractivity contribution < 1.29 is 9.53 Å². The number of ether oxygens (including phenoxy) is 1. The van der Waals surface area contributed by atoms with E-state index < -0.39 is 0 Å². The van der Waals surface area contributed by atoms with Crippen molar-refractivity contribution in [3.05, 3.63) is 60.2 Å². The number of aromatic nitrogens is 1. The predicted molar refractivity (Wildman–Crippen MR) is 118 cm³/mol. The maximum atomic E-state index is 12.2. The molecule has 2 heterocycles. The van der Waals surface area contributed by atoms with Crippen LogP contribution in [0.15, 0.2) is 54.6 Å². The number of benzene rings is 2. The standard InChI is InChI=1S/C24H27N3O2/c1-17-10-12-27(13-11-17)23-14-18(2)21-15-19(8-9-22(21)26-23)25-24(28)16-29-20-6-4-3-5-7-20/h3-9,14-15,17H,10-13,16H2,1-2H3,(H,25,28). The number of piperidine rings is 1. The Kier molecular flexibility index (Phi) is 5.65. The van der Waals surface area contributed by atoms with Crippen LogP contribution in [0.1, 0.15) is 25.3 Å². The third-order valence-corrected chi connectivity index (χ3v) is 5.51. The Labute approximate surface area is 171 Å². The second kappa shape index (κ2) is 8.52. The Bertz CT molecular complexity index is 996. The van der Waals surface area contributed by atoms with E-state index in [1.54, 1.807) is 0 Å². The van der Waals surface area contributed by atoms with E-state index in [9.17, 15) is 4.79 Å². The van der Waals surface area contributed by atoms with Gasteiger partial charge >= 0.3 is 0 Å². The first-order chi connectivity index (χ1) is 14.1. The SMILES string of the molecule is Cc1cc(N2CCC(C)CC2)nc2ccc(NC(=O)COc3ccccc3)cc12. The Morgan fingerprint density at radius 3 is 2.66 bits per heavy atom. The fourth-order valence-electron chi connectivity index (χ4n) is 3.72. The molecule has 0 radical (unpaired) electrons. The molecule has 1 N–H and O–H groups in total. The molecule has 1 amide bonds. The van der Waals surface area contributed by atoms with Crippen LogP contribution in [0.3, 0.4) is 0 Å². The molecule has 5 heteroatoms. The van der Waals surface area contributed by atoms with Gasteiger partial charge in [-0.25, -0.2) is 4.98 Å². The van der Waals surface area contributed by atoms with E-state index in [-0.39, 0.29) is 12.5 Å². The molecule has 3 aromatic rings. The third-order valence-electron chi connectivity index (χ3n) is 5.51. The number of rotatable bonds is 5. The summed E-state index contributed by atoms with van der Waals surface area (Å²) in [6, 6.07) is 17.4. The van der Waals surface area contributed by atoms with E-state index in [0.717, 1.165) is 41.4 Å². The molecule has 1 fully saturated rings. The number of para-hydroxylation sites is 1. The summed E-state index contributed by atoms with van der Waals surface area (Å²) in [6.07, 6.45) is 2.43. The van der Waals surface area contributed by atoms with Crippen molar-refractivity contribution in [3.8, 4) is 5.75 Å². The minimum Gasteiger partial charge on any atom is -0.484 e. The van der Waals surface area contributed by atoms with E-state index in [0.29, 0.717) is 5.75 Å².